The Morgan fingerprint density at radius 2 is 1.75 bits per heavy atom. The Morgan fingerprint density at radius 3 is 2.33 bits per heavy atom. The lowest BCUT2D eigenvalue weighted by molar-refractivity contribution is 0.0901. The molecule has 24 heavy (non-hydrogen) atoms. The first-order valence-electron chi connectivity index (χ1n) is 7.67. The van der Waals surface area contributed by atoms with Crippen molar-refractivity contribution in [3.63, 3.8) is 0 Å². The van der Waals surface area contributed by atoms with Crippen LogP contribution in [0.5, 0.6) is 0 Å². The number of nitrogens with zero attached hydrogens (tertiary/aromatic N) is 1. The van der Waals surface area contributed by atoms with Crippen LogP contribution in [-0.4, -0.2) is 20.0 Å². The Bertz CT molecular complexity index is 865. The van der Waals surface area contributed by atoms with E-state index in [0.29, 0.717) is 5.56 Å². The molecule has 0 aliphatic rings. The highest BCUT2D eigenvalue weighted by Gasteiger charge is 2.30. The molecule has 0 bridgehead atoms. The Balaban J connectivity index is 2.33. The standard InChI is InChI=1S/C19H19NO3S/c1-14(2)18(19(21)16-8-4-3-5-9-16)13-24(22,23)17-10-6-7-15(11-17)12-20/h3-11,14,18H,13H2,1-2H3. The van der Waals surface area contributed by atoms with Crippen molar-refractivity contribution in [3.8, 4) is 6.07 Å². The Kier molecular flexibility index (Phi) is 5.53. The fourth-order valence-corrected chi connectivity index (χ4v) is 4.27. The van der Waals surface area contributed by atoms with E-state index in [9.17, 15) is 13.2 Å². The minimum Gasteiger partial charge on any atom is -0.294 e. The molecular weight excluding hydrogens is 322 g/mol. The highest BCUT2D eigenvalue weighted by molar-refractivity contribution is 7.91. The number of carbonyl (C=O) groups excluding carboxylic acids is 1. The zero-order valence-corrected chi connectivity index (χ0v) is 14.5. The molecular formula is C19H19NO3S. The zero-order valence-electron chi connectivity index (χ0n) is 13.6. The number of hydrogen-bond donors (Lipinski definition) is 0. The van der Waals surface area contributed by atoms with Crippen molar-refractivity contribution in [1.29, 1.82) is 5.26 Å². The van der Waals surface area contributed by atoms with E-state index in [2.05, 4.69) is 0 Å². The molecule has 0 heterocycles. The second-order valence-electron chi connectivity index (χ2n) is 6.00. The Morgan fingerprint density at radius 1 is 1.08 bits per heavy atom. The van der Waals surface area contributed by atoms with Gasteiger partial charge in [-0.2, -0.15) is 5.26 Å². The SMILES string of the molecule is CC(C)C(CS(=O)(=O)c1cccc(C#N)c1)C(=O)c1ccccc1. The van der Waals surface area contributed by atoms with Crippen molar-refractivity contribution < 1.29 is 13.2 Å². The number of benzene rings is 2. The molecule has 2 aromatic carbocycles. The summed E-state index contributed by atoms with van der Waals surface area (Å²) in [5.74, 6) is -1.20. The molecule has 4 nitrogen and oxygen atoms in total. The lowest BCUT2D eigenvalue weighted by Crippen LogP contribution is -2.28. The molecule has 0 radical (unpaired) electrons. The van der Waals surface area contributed by atoms with Gasteiger partial charge >= 0.3 is 0 Å². The van der Waals surface area contributed by atoms with Gasteiger partial charge in [0.25, 0.3) is 0 Å². The maximum atomic E-state index is 12.7. The molecule has 0 spiro atoms. The van der Waals surface area contributed by atoms with Gasteiger partial charge in [-0.3, -0.25) is 4.79 Å². The zero-order chi connectivity index (χ0) is 17.7. The predicted molar refractivity (Wildman–Crippen MR) is 92.3 cm³/mol. The van der Waals surface area contributed by atoms with Crippen LogP contribution in [0.2, 0.25) is 0 Å². The molecule has 0 saturated heterocycles. The second-order valence-corrected chi connectivity index (χ2v) is 8.04. The number of Topliss-reactive ketones (excluding diaryl/α,β-unsaturated/α-hetero) is 1. The first-order chi connectivity index (χ1) is 11.3. The van der Waals surface area contributed by atoms with E-state index in [-0.39, 0.29) is 27.9 Å². The first kappa shape index (κ1) is 17.9. The van der Waals surface area contributed by atoms with Crippen LogP contribution in [0, 0.1) is 23.2 Å². The van der Waals surface area contributed by atoms with Gasteiger partial charge in [0.1, 0.15) is 0 Å². The fourth-order valence-electron chi connectivity index (χ4n) is 2.48. The largest absolute Gasteiger partial charge is 0.294 e. The van der Waals surface area contributed by atoms with E-state index >= 15 is 0 Å². The van der Waals surface area contributed by atoms with Gasteiger partial charge < -0.3 is 0 Å². The van der Waals surface area contributed by atoms with Gasteiger partial charge in [-0.25, -0.2) is 8.42 Å². The van der Waals surface area contributed by atoms with E-state index in [1.807, 2.05) is 26.0 Å². The molecule has 1 unspecified atom stereocenters. The number of sulfone groups is 1. The fraction of sp³-hybridized carbons (Fsp3) is 0.263. The third kappa shape index (κ3) is 4.09. The maximum Gasteiger partial charge on any atom is 0.179 e. The van der Waals surface area contributed by atoms with E-state index in [1.54, 1.807) is 30.3 Å². The van der Waals surface area contributed by atoms with E-state index < -0.39 is 15.8 Å². The van der Waals surface area contributed by atoms with Gasteiger partial charge in [0.2, 0.25) is 0 Å². The third-order valence-corrected chi connectivity index (χ3v) is 5.69. The quantitative estimate of drug-likeness (QED) is 0.754. The molecule has 0 aliphatic heterocycles. The van der Waals surface area contributed by atoms with Gasteiger partial charge in [0.05, 0.1) is 22.3 Å². The van der Waals surface area contributed by atoms with Crippen LogP contribution < -0.4 is 0 Å². The summed E-state index contributed by atoms with van der Waals surface area (Å²) in [6, 6.07) is 16.5. The monoisotopic (exact) mass is 341 g/mol. The summed E-state index contributed by atoms with van der Waals surface area (Å²) in [6.45, 7) is 3.68. The average Bonchev–Trinajstić information content (AvgIpc) is 2.59. The van der Waals surface area contributed by atoms with E-state index in [1.165, 1.54) is 18.2 Å². The van der Waals surface area contributed by atoms with E-state index in [0.717, 1.165) is 0 Å². The Labute approximate surface area is 142 Å². The van der Waals surface area contributed by atoms with Crippen molar-refractivity contribution in [2.75, 3.05) is 5.75 Å². The molecule has 124 valence electrons. The summed E-state index contributed by atoms with van der Waals surface area (Å²) >= 11 is 0. The number of ketones is 1. The van der Waals surface area contributed by atoms with Crippen LogP contribution in [0.1, 0.15) is 29.8 Å². The maximum absolute atomic E-state index is 12.7. The lowest BCUT2D eigenvalue weighted by atomic mass is 9.89. The molecule has 0 amide bonds. The number of nitriles is 1. The van der Waals surface area contributed by atoms with Gasteiger partial charge in [0.15, 0.2) is 15.6 Å². The average molecular weight is 341 g/mol. The molecule has 0 saturated carbocycles. The van der Waals surface area contributed by atoms with Gasteiger partial charge in [-0.05, 0) is 24.1 Å². The van der Waals surface area contributed by atoms with Crippen LogP contribution >= 0.6 is 0 Å². The summed E-state index contributed by atoms with van der Waals surface area (Å²) in [6.07, 6.45) is 0. The predicted octanol–water partition coefficient (Wildman–Crippen LogP) is 3.49. The highest BCUT2D eigenvalue weighted by Crippen LogP contribution is 2.23. The molecule has 2 aromatic rings. The number of carbonyl (C=O) groups is 1. The smallest absolute Gasteiger partial charge is 0.179 e. The third-order valence-electron chi connectivity index (χ3n) is 3.92. The van der Waals surface area contributed by atoms with Gasteiger partial charge in [-0.15, -0.1) is 0 Å². The van der Waals surface area contributed by atoms with Crippen molar-refractivity contribution >= 4 is 15.6 Å². The molecule has 5 heteroatoms. The van der Waals surface area contributed by atoms with E-state index in [4.69, 9.17) is 5.26 Å². The van der Waals surface area contributed by atoms with Crippen LogP contribution in [-0.2, 0) is 9.84 Å². The molecule has 0 N–H and O–H groups in total. The summed E-state index contributed by atoms with van der Waals surface area (Å²) < 4.78 is 25.4. The first-order valence-corrected chi connectivity index (χ1v) is 9.32. The summed E-state index contributed by atoms with van der Waals surface area (Å²) in [7, 11) is -3.66. The summed E-state index contributed by atoms with van der Waals surface area (Å²) in [4.78, 5) is 12.8. The second kappa shape index (κ2) is 7.41. The van der Waals surface area contributed by atoms with Gasteiger partial charge in [-0.1, -0.05) is 50.2 Å². The van der Waals surface area contributed by atoms with Crippen LogP contribution in [0.4, 0.5) is 0 Å². The molecule has 0 fully saturated rings. The van der Waals surface area contributed by atoms with Crippen molar-refractivity contribution in [3.05, 3.63) is 65.7 Å². The number of hydrogen-bond acceptors (Lipinski definition) is 4. The van der Waals surface area contributed by atoms with Crippen LogP contribution in [0.25, 0.3) is 0 Å². The van der Waals surface area contributed by atoms with Crippen LogP contribution in [0.15, 0.2) is 59.5 Å². The Hall–Kier alpha value is -2.45. The topological polar surface area (TPSA) is 75.0 Å². The van der Waals surface area contributed by atoms with Gasteiger partial charge in [0, 0.05) is 11.5 Å². The summed E-state index contributed by atoms with van der Waals surface area (Å²) in [5, 5.41) is 8.94. The van der Waals surface area contributed by atoms with Crippen molar-refractivity contribution in [2.45, 2.75) is 18.7 Å². The minimum absolute atomic E-state index is 0.0769. The molecule has 0 aromatic heterocycles. The number of rotatable bonds is 6. The molecule has 1 atom stereocenters. The van der Waals surface area contributed by atoms with Crippen molar-refractivity contribution in [1.82, 2.24) is 0 Å². The summed E-state index contributed by atoms with van der Waals surface area (Å²) in [5.41, 5.74) is 0.795. The highest BCUT2D eigenvalue weighted by atomic mass is 32.2. The lowest BCUT2D eigenvalue weighted by Gasteiger charge is -2.20. The van der Waals surface area contributed by atoms with Crippen LogP contribution in [0.3, 0.4) is 0 Å². The molecule has 2 rings (SSSR count). The molecule has 0 aliphatic carbocycles. The minimum atomic E-state index is -3.66. The van der Waals surface area contributed by atoms with Crippen molar-refractivity contribution in [2.24, 2.45) is 11.8 Å². The normalized spacial score (nSPS) is 12.6.